The summed E-state index contributed by atoms with van der Waals surface area (Å²) in [6.45, 7) is 2.05. The molecule has 0 unspecified atom stereocenters. The maximum Gasteiger partial charge on any atom is 0.261 e. The third kappa shape index (κ3) is 3.65. The second-order valence-electron chi connectivity index (χ2n) is 8.47. The van der Waals surface area contributed by atoms with Crippen molar-refractivity contribution in [3.63, 3.8) is 0 Å². The lowest BCUT2D eigenvalue weighted by atomic mass is 9.97. The van der Waals surface area contributed by atoms with Gasteiger partial charge >= 0.3 is 0 Å². The van der Waals surface area contributed by atoms with Crippen molar-refractivity contribution in [1.82, 2.24) is 24.5 Å². The number of benzene rings is 2. The molecule has 158 valence electrons. The summed E-state index contributed by atoms with van der Waals surface area (Å²) in [4.78, 5) is 17.7. The Morgan fingerprint density at radius 2 is 1.97 bits per heavy atom. The van der Waals surface area contributed by atoms with Crippen LogP contribution in [0, 0.1) is 6.92 Å². The molecule has 1 fully saturated rings. The Bertz CT molecular complexity index is 1310. The zero-order valence-corrected chi connectivity index (χ0v) is 17.7. The van der Waals surface area contributed by atoms with E-state index in [9.17, 15) is 9.90 Å². The average molecular weight is 415 g/mol. The van der Waals surface area contributed by atoms with Crippen LogP contribution in [0.5, 0.6) is 0 Å². The number of aromatic nitrogens is 5. The molecular formula is C24H25N5O2. The normalized spacial score (nSPS) is 18.7. The minimum Gasteiger partial charge on any atom is -0.391 e. The molecule has 0 saturated heterocycles. The Morgan fingerprint density at radius 3 is 2.65 bits per heavy atom. The first-order valence-corrected chi connectivity index (χ1v) is 10.6. The van der Waals surface area contributed by atoms with Gasteiger partial charge in [0, 0.05) is 12.6 Å². The summed E-state index contributed by atoms with van der Waals surface area (Å²) in [6, 6.07) is 12.0. The molecule has 2 heterocycles. The molecule has 0 aliphatic heterocycles. The van der Waals surface area contributed by atoms with E-state index in [1.165, 1.54) is 0 Å². The van der Waals surface area contributed by atoms with Crippen LogP contribution in [-0.4, -0.2) is 35.8 Å². The van der Waals surface area contributed by atoms with Crippen LogP contribution < -0.4 is 5.56 Å². The van der Waals surface area contributed by atoms with Crippen LogP contribution in [0.25, 0.3) is 22.2 Å². The van der Waals surface area contributed by atoms with Gasteiger partial charge in [0.05, 0.1) is 35.6 Å². The van der Waals surface area contributed by atoms with E-state index >= 15 is 0 Å². The van der Waals surface area contributed by atoms with Gasteiger partial charge in [-0.05, 0) is 61.4 Å². The minimum absolute atomic E-state index is 0.0739. The number of aryl methyl sites for hydroxylation is 2. The van der Waals surface area contributed by atoms with Gasteiger partial charge in [0.25, 0.3) is 5.56 Å². The predicted molar refractivity (Wildman–Crippen MR) is 119 cm³/mol. The molecule has 7 nitrogen and oxygen atoms in total. The van der Waals surface area contributed by atoms with E-state index < -0.39 is 6.10 Å². The number of fused-ring (bicyclic) bond motifs is 1. The summed E-state index contributed by atoms with van der Waals surface area (Å²) in [7, 11) is 1.85. The molecule has 1 N–H and O–H groups in total. The Balaban J connectivity index is 1.47. The van der Waals surface area contributed by atoms with Crippen LogP contribution in [0.3, 0.4) is 0 Å². The molecule has 0 spiro atoms. The van der Waals surface area contributed by atoms with Crippen LogP contribution >= 0.6 is 0 Å². The number of aliphatic hydroxyl groups is 1. The maximum atomic E-state index is 13.2. The Morgan fingerprint density at radius 1 is 1.16 bits per heavy atom. The Kier molecular flexibility index (Phi) is 4.90. The highest BCUT2D eigenvalue weighted by Gasteiger charge is 2.28. The molecule has 0 radical (unpaired) electrons. The summed E-state index contributed by atoms with van der Waals surface area (Å²) < 4.78 is 3.31. The van der Waals surface area contributed by atoms with E-state index in [1.807, 2.05) is 37.5 Å². The quantitative estimate of drug-likeness (QED) is 0.553. The molecule has 1 aliphatic carbocycles. The minimum atomic E-state index is -0.477. The van der Waals surface area contributed by atoms with Gasteiger partial charge in [-0.1, -0.05) is 29.5 Å². The topological polar surface area (TPSA) is 85.8 Å². The Hall–Kier alpha value is -3.32. The maximum absolute atomic E-state index is 13.2. The lowest BCUT2D eigenvalue weighted by Crippen LogP contribution is -2.29. The second-order valence-corrected chi connectivity index (χ2v) is 8.47. The van der Waals surface area contributed by atoms with Crippen molar-refractivity contribution in [3.05, 3.63) is 76.0 Å². The zero-order chi connectivity index (χ0) is 21.5. The van der Waals surface area contributed by atoms with E-state index in [1.54, 1.807) is 15.6 Å². The summed E-state index contributed by atoms with van der Waals surface area (Å²) in [5.74, 6) is 0. The van der Waals surface area contributed by atoms with E-state index in [2.05, 4.69) is 34.4 Å². The van der Waals surface area contributed by atoms with Crippen molar-refractivity contribution >= 4 is 10.9 Å². The third-order valence-electron chi connectivity index (χ3n) is 6.29. The van der Waals surface area contributed by atoms with Gasteiger partial charge in [-0.3, -0.25) is 14.0 Å². The first kappa shape index (κ1) is 19.6. The van der Waals surface area contributed by atoms with Crippen molar-refractivity contribution in [2.24, 2.45) is 7.05 Å². The number of nitrogens with zero attached hydrogens (tertiary/aromatic N) is 5. The van der Waals surface area contributed by atoms with E-state index in [4.69, 9.17) is 0 Å². The molecule has 2 aromatic carbocycles. The Labute approximate surface area is 180 Å². The summed E-state index contributed by atoms with van der Waals surface area (Å²) in [5.41, 5.74) is 5.86. The molecule has 4 aromatic rings. The highest BCUT2D eigenvalue weighted by atomic mass is 16.3. The number of aliphatic hydroxyl groups excluding tert-OH is 1. The molecule has 1 saturated carbocycles. The molecule has 2 aromatic heterocycles. The fraction of sp³-hybridized carbons (Fsp3) is 0.333. The zero-order valence-electron chi connectivity index (χ0n) is 17.7. The SMILES string of the molecule is Cc1cc2ncn([C@H]3CCC[C@@H]3O)c(=O)c2cc1Cc1ccc(-c2cn(C)nn2)cc1. The smallest absolute Gasteiger partial charge is 0.261 e. The number of hydrogen-bond donors (Lipinski definition) is 1. The number of rotatable bonds is 4. The third-order valence-corrected chi connectivity index (χ3v) is 6.29. The first-order valence-electron chi connectivity index (χ1n) is 10.6. The van der Waals surface area contributed by atoms with E-state index in [0.29, 0.717) is 10.9 Å². The molecule has 2 atom stereocenters. The van der Waals surface area contributed by atoms with Crippen LogP contribution in [0.2, 0.25) is 0 Å². The highest BCUT2D eigenvalue weighted by Crippen LogP contribution is 2.29. The first-order chi connectivity index (χ1) is 15.0. The summed E-state index contributed by atoms with van der Waals surface area (Å²) >= 11 is 0. The molecule has 7 heteroatoms. The molecule has 0 amide bonds. The van der Waals surface area contributed by atoms with Gasteiger partial charge in [0.1, 0.15) is 5.69 Å². The predicted octanol–water partition coefficient (Wildman–Crippen LogP) is 3.18. The standard InChI is InChI=1S/C24H25N5O2/c1-15-10-20-19(24(31)29(14-25-20)22-4-3-5-23(22)30)12-18(15)11-16-6-8-17(9-7-16)21-13-28(2)27-26-21/h6-10,12-14,22-23,30H,3-5,11H2,1-2H3/t22-,23-/m0/s1. The summed E-state index contributed by atoms with van der Waals surface area (Å²) in [6.07, 6.45) is 6.21. The van der Waals surface area contributed by atoms with Crippen LogP contribution in [-0.2, 0) is 13.5 Å². The second kappa shape index (κ2) is 7.74. The molecule has 0 bridgehead atoms. The molecule has 31 heavy (non-hydrogen) atoms. The van der Waals surface area contributed by atoms with Crippen molar-refractivity contribution in [1.29, 1.82) is 0 Å². The van der Waals surface area contributed by atoms with Crippen molar-refractivity contribution in [2.75, 3.05) is 0 Å². The van der Waals surface area contributed by atoms with Gasteiger partial charge in [-0.15, -0.1) is 5.10 Å². The van der Waals surface area contributed by atoms with Gasteiger partial charge < -0.3 is 5.11 Å². The average Bonchev–Trinajstić information content (AvgIpc) is 3.38. The fourth-order valence-electron chi connectivity index (χ4n) is 4.50. The van der Waals surface area contributed by atoms with Crippen molar-refractivity contribution < 1.29 is 5.11 Å². The fourth-order valence-corrected chi connectivity index (χ4v) is 4.50. The van der Waals surface area contributed by atoms with E-state index in [-0.39, 0.29) is 11.6 Å². The molecule has 1 aliphatic rings. The van der Waals surface area contributed by atoms with Gasteiger partial charge in [0.2, 0.25) is 0 Å². The van der Waals surface area contributed by atoms with Crippen LogP contribution in [0.4, 0.5) is 0 Å². The van der Waals surface area contributed by atoms with Crippen LogP contribution in [0.15, 0.2) is 53.7 Å². The van der Waals surface area contributed by atoms with Gasteiger partial charge in [-0.25, -0.2) is 4.98 Å². The van der Waals surface area contributed by atoms with Crippen molar-refractivity contribution in [2.45, 2.75) is 44.8 Å². The van der Waals surface area contributed by atoms with Gasteiger partial charge in [0.15, 0.2) is 0 Å². The van der Waals surface area contributed by atoms with Gasteiger partial charge in [-0.2, -0.15) is 0 Å². The lowest BCUT2D eigenvalue weighted by molar-refractivity contribution is 0.134. The van der Waals surface area contributed by atoms with Crippen LogP contribution in [0.1, 0.15) is 42.0 Å². The largest absolute Gasteiger partial charge is 0.391 e. The lowest BCUT2D eigenvalue weighted by Gasteiger charge is -2.18. The summed E-state index contributed by atoms with van der Waals surface area (Å²) in [5, 5.41) is 19.0. The van der Waals surface area contributed by atoms with E-state index in [0.717, 1.165) is 53.6 Å². The molecular weight excluding hydrogens is 390 g/mol. The monoisotopic (exact) mass is 415 g/mol. The molecule has 5 rings (SSSR count). The van der Waals surface area contributed by atoms with Crippen molar-refractivity contribution in [3.8, 4) is 11.3 Å². The number of hydrogen-bond acceptors (Lipinski definition) is 5. The highest BCUT2D eigenvalue weighted by molar-refractivity contribution is 5.79.